The first-order valence-corrected chi connectivity index (χ1v) is 9.53. The van der Waals surface area contributed by atoms with Crippen molar-refractivity contribution < 1.29 is 24.1 Å². The van der Waals surface area contributed by atoms with Crippen LogP contribution in [0.15, 0.2) is 18.2 Å². The molecule has 0 heterocycles. The molecule has 0 unspecified atom stereocenters. The fraction of sp³-hybridized carbons (Fsp3) is 0.619. The van der Waals surface area contributed by atoms with Crippen molar-refractivity contribution in [2.75, 3.05) is 14.2 Å². The van der Waals surface area contributed by atoms with E-state index in [0.29, 0.717) is 43.6 Å². The second-order valence-corrected chi connectivity index (χ2v) is 7.56. The summed E-state index contributed by atoms with van der Waals surface area (Å²) in [6.07, 6.45) is 4.28. The lowest BCUT2D eigenvalue weighted by Crippen LogP contribution is -2.33. The minimum Gasteiger partial charge on any atom is -0.493 e. The van der Waals surface area contributed by atoms with E-state index in [-0.39, 0.29) is 24.1 Å². The highest BCUT2D eigenvalue weighted by molar-refractivity contribution is 5.72. The van der Waals surface area contributed by atoms with Gasteiger partial charge in [0.1, 0.15) is 6.10 Å². The van der Waals surface area contributed by atoms with E-state index >= 15 is 0 Å². The van der Waals surface area contributed by atoms with E-state index in [1.54, 1.807) is 7.11 Å². The molecule has 1 aromatic carbocycles. The van der Waals surface area contributed by atoms with Gasteiger partial charge in [-0.3, -0.25) is 4.79 Å². The minimum atomic E-state index is -0.635. The van der Waals surface area contributed by atoms with Crippen molar-refractivity contribution >= 4 is 5.97 Å². The molecule has 2 saturated carbocycles. The summed E-state index contributed by atoms with van der Waals surface area (Å²) in [5.74, 6) is 0.904. The van der Waals surface area contributed by atoms with Crippen molar-refractivity contribution in [3.05, 3.63) is 23.8 Å². The van der Waals surface area contributed by atoms with Gasteiger partial charge in [-0.1, -0.05) is 6.07 Å². The number of carbonyl (C=O) groups is 1. The van der Waals surface area contributed by atoms with Crippen molar-refractivity contribution in [3.63, 3.8) is 0 Å². The molecule has 0 saturated heterocycles. The van der Waals surface area contributed by atoms with Crippen molar-refractivity contribution in [2.45, 2.75) is 62.6 Å². The van der Waals surface area contributed by atoms with E-state index in [4.69, 9.17) is 14.2 Å². The third-order valence-electron chi connectivity index (χ3n) is 5.95. The van der Waals surface area contributed by atoms with Gasteiger partial charge in [0.15, 0.2) is 11.5 Å². The number of ether oxygens (including phenoxy) is 3. The van der Waals surface area contributed by atoms with E-state index in [0.717, 1.165) is 18.4 Å². The quantitative estimate of drug-likeness (QED) is 0.798. The summed E-state index contributed by atoms with van der Waals surface area (Å²) in [5.41, 5.74) is 0.257. The number of hydrogen-bond acceptors (Lipinski definition) is 6. The lowest BCUT2D eigenvalue weighted by molar-refractivity contribution is -0.146. The number of carbonyl (C=O) groups excluding carboxylic acids is 1. The molecule has 6 nitrogen and oxygen atoms in total. The van der Waals surface area contributed by atoms with Crippen molar-refractivity contribution in [2.24, 2.45) is 5.92 Å². The van der Waals surface area contributed by atoms with Gasteiger partial charge in [-0.05, 0) is 56.2 Å². The molecule has 0 aromatic heterocycles. The number of aliphatic hydroxyl groups excluding tert-OH is 1. The summed E-state index contributed by atoms with van der Waals surface area (Å²) in [6.45, 7) is 0. The molecule has 2 atom stereocenters. The fourth-order valence-electron chi connectivity index (χ4n) is 4.25. The SMILES string of the molecule is COC(=O)C1CCC(C#N)(c2ccc(OC)c(O[C@@H]3CC[C@@H](O)C3)c2)CC1. The van der Waals surface area contributed by atoms with Crippen LogP contribution in [0.3, 0.4) is 0 Å². The van der Waals surface area contributed by atoms with Crippen LogP contribution in [0.2, 0.25) is 0 Å². The van der Waals surface area contributed by atoms with Crippen LogP contribution in [-0.2, 0) is 14.9 Å². The molecule has 27 heavy (non-hydrogen) atoms. The van der Waals surface area contributed by atoms with E-state index in [9.17, 15) is 15.2 Å². The largest absolute Gasteiger partial charge is 0.493 e. The molecule has 6 heteroatoms. The summed E-state index contributed by atoms with van der Waals surface area (Å²) in [6, 6.07) is 8.13. The molecule has 0 radical (unpaired) electrons. The number of benzene rings is 1. The first kappa shape index (κ1) is 19.5. The van der Waals surface area contributed by atoms with Crippen LogP contribution in [0.1, 0.15) is 50.5 Å². The van der Waals surface area contributed by atoms with Crippen molar-refractivity contribution in [1.29, 1.82) is 5.26 Å². The fourth-order valence-corrected chi connectivity index (χ4v) is 4.25. The summed E-state index contributed by atoms with van der Waals surface area (Å²) in [5, 5.41) is 19.7. The van der Waals surface area contributed by atoms with Gasteiger partial charge in [0.2, 0.25) is 0 Å². The number of methoxy groups -OCH3 is 2. The molecular weight excluding hydrogens is 346 g/mol. The lowest BCUT2D eigenvalue weighted by Gasteiger charge is -2.34. The summed E-state index contributed by atoms with van der Waals surface area (Å²) in [4.78, 5) is 11.8. The third kappa shape index (κ3) is 4.03. The van der Waals surface area contributed by atoms with Crippen LogP contribution in [0.25, 0.3) is 0 Å². The monoisotopic (exact) mass is 373 g/mol. The first-order chi connectivity index (χ1) is 13.0. The smallest absolute Gasteiger partial charge is 0.308 e. The summed E-state index contributed by atoms with van der Waals surface area (Å²) >= 11 is 0. The second-order valence-electron chi connectivity index (χ2n) is 7.56. The number of hydrogen-bond donors (Lipinski definition) is 1. The van der Waals surface area contributed by atoms with E-state index in [2.05, 4.69) is 6.07 Å². The van der Waals surface area contributed by atoms with Gasteiger partial charge >= 0.3 is 5.97 Å². The maximum absolute atomic E-state index is 11.8. The van der Waals surface area contributed by atoms with Crippen molar-refractivity contribution in [1.82, 2.24) is 0 Å². The minimum absolute atomic E-state index is 0.0442. The third-order valence-corrected chi connectivity index (χ3v) is 5.95. The van der Waals surface area contributed by atoms with Gasteiger partial charge in [-0.2, -0.15) is 5.26 Å². The molecule has 146 valence electrons. The standard InChI is InChI=1S/C21H27NO5/c1-25-18-6-3-15(11-19(18)27-17-5-4-16(23)12-17)21(13-22)9-7-14(8-10-21)20(24)26-2/h3,6,11,14,16-17,23H,4-5,7-10,12H2,1-2H3/t14?,16-,17-,21?/m1/s1. The second kappa shape index (κ2) is 8.18. The molecule has 3 rings (SSSR count). The Balaban J connectivity index is 1.81. The van der Waals surface area contributed by atoms with Crippen LogP contribution in [0.4, 0.5) is 0 Å². The zero-order chi connectivity index (χ0) is 19.4. The molecular formula is C21H27NO5. The Morgan fingerprint density at radius 1 is 1.19 bits per heavy atom. The molecule has 0 amide bonds. The van der Waals surface area contributed by atoms with Gasteiger partial charge in [0, 0.05) is 6.42 Å². The highest BCUT2D eigenvalue weighted by atomic mass is 16.5. The molecule has 2 aliphatic carbocycles. The molecule has 0 spiro atoms. The van der Waals surface area contributed by atoms with Crippen LogP contribution in [0.5, 0.6) is 11.5 Å². The number of rotatable bonds is 5. The highest BCUT2D eigenvalue weighted by Gasteiger charge is 2.40. The van der Waals surface area contributed by atoms with Crippen LogP contribution in [-0.4, -0.2) is 37.5 Å². The zero-order valence-electron chi connectivity index (χ0n) is 15.9. The van der Waals surface area contributed by atoms with E-state index in [1.807, 2.05) is 18.2 Å². The molecule has 1 N–H and O–H groups in total. The van der Waals surface area contributed by atoms with Gasteiger partial charge in [0.05, 0.1) is 37.7 Å². The lowest BCUT2D eigenvalue weighted by atomic mass is 9.67. The molecule has 0 bridgehead atoms. The van der Waals surface area contributed by atoms with Gasteiger partial charge in [0.25, 0.3) is 0 Å². The van der Waals surface area contributed by atoms with Gasteiger partial charge < -0.3 is 19.3 Å². The maximum atomic E-state index is 11.8. The molecule has 2 fully saturated rings. The van der Waals surface area contributed by atoms with E-state index < -0.39 is 5.41 Å². The topological polar surface area (TPSA) is 88.8 Å². The average Bonchev–Trinajstić information content (AvgIpc) is 3.12. The zero-order valence-corrected chi connectivity index (χ0v) is 15.9. The summed E-state index contributed by atoms with van der Waals surface area (Å²) in [7, 11) is 2.99. The maximum Gasteiger partial charge on any atom is 0.308 e. The Morgan fingerprint density at radius 3 is 2.48 bits per heavy atom. The van der Waals surface area contributed by atoms with Crippen molar-refractivity contribution in [3.8, 4) is 17.6 Å². The molecule has 1 aromatic rings. The predicted molar refractivity (Wildman–Crippen MR) is 98.5 cm³/mol. The van der Waals surface area contributed by atoms with Crippen LogP contribution < -0.4 is 9.47 Å². The Hall–Kier alpha value is -2.26. The number of nitriles is 1. The Labute approximate surface area is 160 Å². The Kier molecular flexibility index (Phi) is 5.91. The van der Waals surface area contributed by atoms with E-state index in [1.165, 1.54) is 7.11 Å². The Morgan fingerprint density at radius 2 is 1.93 bits per heavy atom. The number of nitrogens with zero attached hydrogens (tertiary/aromatic N) is 1. The van der Waals surface area contributed by atoms with Gasteiger partial charge in [-0.25, -0.2) is 0 Å². The normalized spacial score (nSPS) is 30.4. The Bertz CT molecular complexity index is 718. The number of aliphatic hydroxyl groups is 1. The van der Waals surface area contributed by atoms with Gasteiger partial charge in [-0.15, -0.1) is 0 Å². The predicted octanol–water partition coefficient (Wildman–Crippen LogP) is 3.11. The first-order valence-electron chi connectivity index (χ1n) is 9.53. The van der Waals surface area contributed by atoms with Crippen LogP contribution >= 0.6 is 0 Å². The molecule has 0 aliphatic heterocycles. The highest BCUT2D eigenvalue weighted by Crippen LogP contribution is 2.44. The number of esters is 1. The van der Waals surface area contributed by atoms with Crippen LogP contribution in [0, 0.1) is 17.2 Å². The summed E-state index contributed by atoms with van der Waals surface area (Å²) < 4.78 is 16.4. The molecule has 2 aliphatic rings. The average molecular weight is 373 g/mol.